The first-order valence-corrected chi connectivity index (χ1v) is 8.76. The average molecular weight is 383 g/mol. The predicted molar refractivity (Wildman–Crippen MR) is 102 cm³/mol. The number of ether oxygens (including phenoxy) is 2. The molecule has 0 bridgehead atoms. The third-order valence-electron chi connectivity index (χ3n) is 4.15. The standard InChI is InChI=1S/C20H21N3O5/c1-12-4-6-14(7-5-12)16-10-15(18-13(2)23-28-19(18)22-16)20(25)27-11-17(24)21-8-9-26-3/h4-7,10H,8-9,11H2,1-3H3,(H,21,24). The molecule has 0 saturated heterocycles. The zero-order valence-electron chi connectivity index (χ0n) is 15.9. The molecule has 0 radical (unpaired) electrons. The van der Waals surface area contributed by atoms with E-state index in [0.717, 1.165) is 11.1 Å². The number of rotatable bonds is 7. The van der Waals surface area contributed by atoms with E-state index in [1.807, 2.05) is 31.2 Å². The zero-order valence-corrected chi connectivity index (χ0v) is 15.9. The van der Waals surface area contributed by atoms with Crippen LogP contribution >= 0.6 is 0 Å². The molecule has 0 aliphatic carbocycles. The summed E-state index contributed by atoms with van der Waals surface area (Å²) in [6.45, 7) is 4.03. The fourth-order valence-corrected chi connectivity index (χ4v) is 2.68. The summed E-state index contributed by atoms with van der Waals surface area (Å²) < 4.78 is 15.3. The van der Waals surface area contributed by atoms with Crippen molar-refractivity contribution in [2.24, 2.45) is 0 Å². The molecule has 0 fully saturated rings. The highest BCUT2D eigenvalue weighted by atomic mass is 16.5. The van der Waals surface area contributed by atoms with Gasteiger partial charge in [-0.1, -0.05) is 35.0 Å². The Morgan fingerprint density at radius 3 is 2.64 bits per heavy atom. The van der Waals surface area contributed by atoms with Gasteiger partial charge in [0, 0.05) is 19.2 Å². The summed E-state index contributed by atoms with van der Waals surface area (Å²) >= 11 is 0. The molecule has 28 heavy (non-hydrogen) atoms. The molecule has 1 aromatic carbocycles. The van der Waals surface area contributed by atoms with E-state index in [1.54, 1.807) is 13.0 Å². The molecule has 8 nitrogen and oxygen atoms in total. The number of hydrogen-bond acceptors (Lipinski definition) is 7. The number of nitrogens with zero attached hydrogens (tertiary/aromatic N) is 2. The molecule has 0 unspecified atom stereocenters. The van der Waals surface area contributed by atoms with Crippen LogP contribution in [0.4, 0.5) is 0 Å². The van der Waals surface area contributed by atoms with Crippen LogP contribution in [0.2, 0.25) is 0 Å². The molecule has 0 aliphatic heterocycles. The lowest BCUT2D eigenvalue weighted by Crippen LogP contribution is -2.31. The second kappa shape index (κ2) is 8.62. The number of carbonyl (C=O) groups is 2. The fraction of sp³-hybridized carbons (Fsp3) is 0.300. The van der Waals surface area contributed by atoms with Crippen LogP contribution in [0.1, 0.15) is 21.6 Å². The van der Waals surface area contributed by atoms with Gasteiger partial charge in [0.1, 0.15) is 0 Å². The summed E-state index contributed by atoms with van der Waals surface area (Å²) in [5, 5.41) is 6.96. The summed E-state index contributed by atoms with van der Waals surface area (Å²) in [5.74, 6) is -1.05. The van der Waals surface area contributed by atoms with Crippen molar-refractivity contribution in [3.05, 3.63) is 47.2 Å². The van der Waals surface area contributed by atoms with Crippen molar-refractivity contribution in [1.82, 2.24) is 15.5 Å². The Labute approximate surface area is 161 Å². The van der Waals surface area contributed by atoms with Gasteiger partial charge in [0.15, 0.2) is 6.61 Å². The Morgan fingerprint density at radius 1 is 1.18 bits per heavy atom. The lowest BCUT2D eigenvalue weighted by molar-refractivity contribution is -0.124. The number of aryl methyl sites for hydroxylation is 2. The van der Waals surface area contributed by atoms with E-state index in [-0.39, 0.29) is 11.3 Å². The highest BCUT2D eigenvalue weighted by molar-refractivity contribution is 6.04. The number of nitrogens with one attached hydrogen (secondary N) is 1. The van der Waals surface area contributed by atoms with Gasteiger partial charge in [-0.25, -0.2) is 9.78 Å². The number of hydrogen-bond donors (Lipinski definition) is 1. The maximum atomic E-state index is 12.7. The molecule has 8 heteroatoms. The molecule has 0 aliphatic rings. The van der Waals surface area contributed by atoms with Gasteiger partial charge >= 0.3 is 5.97 Å². The van der Waals surface area contributed by atoms with Crippen LogP contribution in [0.25, 0.3) is 22.4 Å². The van der Waals surface area contributed by atoms with Gasteiger partial charge in [0.2, 0.25) is 0 Å². The average Bonchev–Trinajstić information content (AvgIpc) is 3.07. The minimum atomic E-state index is -0.644. The molecule has 0 spiro atoms. The summed E-state index contributed by atoms with van der Waals surface area (Å²) in [6, 6.07) is 9.35. The SMILES string of the molecule is COCCNC(=O)COC(=O)c1cc(-c2ccc(C)cc2)nc2onc(C)c12. The summed E-state index contributed by atoms with van der Waals surface area (Å²) in [5.41, 5.74) is 3.51. The lowest BCUT2D eigenvalue weighted by Gasteiger charge is -2.08. The predicted octanol–water partition coefficient (Wildman–Crippen LogP) is 2.43. The van der Waals surface area contributed by atoms with Crippen molar-refractivity contribution in [1.29, 1.82) is 0 Å². The van der Waals surface area contributed by atoms with Crippen LogP contribution in [0, 0.1) is 13.8 Å². The molecular formula is C20H21N3O5. The Morgan fingerprint density at radius 2 is 1.93 bits per heavy atom. The number of carbonyl (C=O) groups excluding carboxylic acids is 2. The first-order chi connectivity index (χ1) is 13.5. The minimum absolute atomic E-state index is 0.243. The van der Waals surface area contributed by atoms with Crippen LogP contribution in [0.3, 0.4) is 0 Å². The number of aromatic nitrogens is 2. The van der Waals surface area contributed by atoms with Crippen LogP contribution in [0.5, 0.6) is 0 Å². The largest absolute Gasteiger partial charge is 0.452 e. The molecular weight excluding hydrogens is 362 g/mol. The first-order valence-electron chi connectivity index (χ1n) is 8.76. The normalized spacial score (nSPS) is 10.8. The molecule has 1 N–H and O–H groups in total. The van der Waals surface area contributed by atoms with E-state index in [1.165, 1.54) is 7.11 Å². The molecule has 1 amide bonds. The minimum Gasteiger partial charge on any atom is -0.452 e. The number of pyridine rings is 1. The third kappa shape index (κ3) is 4.34. The van der Waals surface area contributed by atoms with Crippen LogP contribution in [0.15, 0.2) is 34.9 Å². The van der Waals surface area contributed by atoms with Gasteiger partial charge in [0.25, 0.3) is 11.6 Å². The van der Waals surface area contributed by atoms with Crippen molar-refractivity contribution in [3.8, 4) is 11.3 Å². The van der Waals surface area contributed by atoms with Crippen LogP contribution in [-0.2, 0) is 14.3 Å². The molecule has 146 valence electrons. The Hall–Kier alpha value is -3.26. The van der Waals surface area contributed by atoms with Crippen molar-refractivity contribution >= 4 is 23.0 Å². The fourth-order valence-electron chi connectivity index (χ4n) is 2.68. The van der Waals surface area contributed by atoms with Crippen molar-refractivity contribution in [3.63, 3.8) is 0 Å². The van der Waals surface area contributed by atoms with Crippen LogP contribution in [-0.4, -0.2) is 48.9 Å². The van der Waals surface area contributed by atoms with Gasteiger partial charge in [-0.15, -0.1) is 0 Å². The quantitative estimate of drug-likeness (QED) is 0.493. The molecule has 0 atom stereocenters. The van der Waals surface area contributed by atoms with Gasteiger partial charge < -0.3 is 19.3 Å². The summed E-state index contributed by atoms with van der Waals surface area (Å²) in [4.78, 5) is 28.9. The number of fused-ring (bicyclic) bond motifs is 1. The highest BCUT2D eigenvalue weighted by Crippen LogP contribution is 2.27. The molecule has 3 aromatic rings. The van der Waals surface area contributed by atoms with E-state index in [4.69, 9.17) is 14.0 Å². The Balaban J connectivity index is 1.86. The number of benzene rings is 1. The van der Waals surface area contributed by atoms with E-state index in [2.05, 4.69) is 15.5 Å². The smallest absolute Gasteiger partial charge is 0.339 e. The van der Waals surface area contributed by atoms with Crippen molar-refractivity contribution < 1.29 is 23.6 Å². The molecule has 3 rings (SSSR count). The summed E-state index contributed by atoms with van der Waals surface area (Å²) in [7, 11) is 1.54. The number of esters is 1. The van der Waals surface area contributed by atoms with Crippen LogP contribution < -0.4 is 5.32 Å². The van der Waals surface area contributed by atoms with Gasteiger partial charge in [-0.2, -0.15) is 0 Å². The van der Waals surface area contributed by atoms with Gasteiger partial charge in [0.05, 0.1) is 28.9 Å². The highest BCUT2D eigenvalue weighted by Gasteiger charge is 2.21. The second-order valence-electron chi connectivity index (χ2n) is 6.29. The Bertz CT molecular complexity index is 995. The molecule has 2 heterocycles. The topological polar surface area (TPSA) is 104 Å². The van der Waals surface area contributed by atoms with Crippen molar-refractivity contribution in [2.75, 3.05) is 26.9 Å². The van der Waals surface area contributed by atoms with E-state index >= 15 is 0 Å². The molecule has 2 aromatic heterocycles. The number of amides is 1. The van der Waals surface area contributed by atoms with Gasteiger partial charge in [-0.05, 0) is 19.9 Å². The molecule has 0 saturated carbocycles. The van der Waals surface area contributed by atoms with Crippen molar-refractivity contribution in [2.45, 2.75) is 13.8 Å². The Kier molecular flexibility index (Phi) is 6.00. The van der Waals surface area contributed by atoms with E-state index in [9.17, 15) is 9.59 Å². The summed E-state index contributed by atoms with van der Waals surface area (Å²) in [6.07, 6.45) is 0. The maximum absolute atomic E-state index is 12.7. The lowest BCUT2D eigenvalue weighted by atomic mass is 10.0. The van der Waals surface area contributed by atoms with E-state index in [0.29, 0.717) is 29.9 Å². The number of methoxy groups -OCH3 is 1. The second-order valence-corrected chi connectivity index (χ2v) is 6.29. The maximum Gasteiger partial charge on any atom is 0.339 e. The third-order valence-corrected chi connectivity index (χ3v) is 4.15. The monoisotopic (exact) mass is 383 g/mol. The van der Waals surface area contributed by atoms with E-state index < -0.39 is 18.5 Å². The zero-order chi connectivity index (χ0) is 20.1. The first kappa shape index (κ1) is 19.5. The van der Waals surface area contributed by atoms with Gasteiger partial charge in [-0.3, -0.25) is 4.79 Å².